The third-order valence-electron chi connectivity index (χ3n) is 10.7. The van der Waals surface area contributed by atoms with Gasteiger partial charge in [0.1, 0.15) is 5.82 Å². The minimum Gasteiger partial charge on any atom is -0.331 e. The van der Waals surface area contributed by atoms with Gasteiger partial charge >= 0.3 is 0 Å². The standard InChI is InChI=1S/C29H36N4O/c1-18-16-19(17-30)4-8-24(18)32-27(34)23-7-6-21-20-5-9-25-29(3,22(20)10-12-28(21,23)2)13-11-26-31-14-15-33(25)26/h4,8,14-16,20-23,25H,5-7,9-13H2,1-3H3,(H,32,34)/t20-,21-,22-,23+,25?,28-,29+/m0/s1. The Bertz CT molecular complexity index is 1180. The molecule has 1 N–H and O–H groups in total. The number of rotatable bonds is 2. The highest BCUT2D eigenvalue weighted by atomic mass is 16.1. The van der Waals surface area contributed by atoms with Gasteiger partial charge in [0.15, 0.2) is 0 Å². The minimum atomic E-state index is 0.0747. The van der Waals surface area contributed by atoms with Crippen LogP contribution in [-0.4, -0.2) is 15.5 Å². The van der Waals surface area contributed by atoms with E-state index in [0.29, 0.717) is 22.9 Å². The second kappa shape index (κ2) is 7.70. The molecule has 34 heavy (non-hydrogen) atoms. The zero-order valence-corrected chi connectivity index (χ0v) is 20.7. The molecule has 0 spiro atoms. The van der Waals surface area contributed by atoms with Crippen molar-refractivity contribution >= 4 is 11.6 Å². The summed E-state index contributed by atoms with van der Waals surface area (Å²) in [7, 11) is 0. The van der Waals surface area contributed by atoms with E-state index in [2.05, 4.69) is 41.0 Å². The van der Waals surface area contributed by atoms with Gasteiger partial charge in [0.05, 0.1) is 11.6 Å². The highest BCUT2D eigenvalue weighted by Gasteiger charge is 2.61. The molecule has 4 aliphatic rings. The number of hydrogen-bond donors (Lipinski definition) is 1. The zero-order valence-electron chi connectivity index (χ0n) is 20.7. The van der Waals surface area contributed by atoms with Gasteiger partial charge in [-0.25, -0.2) is 4.98 Å². The summed E-state index contributed by atoms with van der Waals surface area (Å²) in [5, 5.41) is 12.4. The number of carbonyl (C=O) groups excluding carboxylic acids is 1. The van der Waals surface area contributed by atoms with Gasteiger partial charge in [0, 0.05) is 36.5 Å². The van der Waals surface area contributed by atoms with Crippen LogP contribution >= 0.6 is 0 Å². The molecule has 178 valence electrons. The predicted molar refractivity (Wildman–Crippen MR) is 132 cm³/mol. The number of anilines is 1. The average molecular weight is 457 g/mol. The number of aromatic nitrogens is 2. The summed E-state index contributed by atoms with van der Waals surface area (Å²) in [6, 6.07) is 8.30. The molecule has 0 saturated heterocycles. The first-order chi connectivity index (χ1) is 16.3. The highest BCUT2D eigenvalue weighted by Crippen LogP contribution is 2.67. The third kappa shape index (κ3) is 3.03. The van der Waals surface area contributed by atoms with E-state index < -0.39 is 0 Å². The number of carbonyl (C=O) groups is 1. The predicted octanol–water partition coefficient (Wildman–Crippen LogP) is 6.05. The lowest BCUT2D eigenvalue weighted by Crippen LogP contribution is -2.54. The van der Waals surface area contributed by atoms with Crippen LogP contribution in [0.25, 0.3) is 0 Å². The van der Waals surface area contributed by atoms with E-state index in [0.717, 1.165) is 42.3 Å². The Labute approximate surface area is 203 Å². The maximum absolute atomic E-state index is 13.6. The van der Waals surface area contributed by atoms with Crippen molar-refractivity contribution in [3.05, 3.63) is 47.5 Å². The smallest absolute Gasteiger partial charge is 0.228 e. The molecule has 0 bridgehead atoms. The van der Waals surface area contributed by atoms with Gasteiger partial charge < -0.3 is 9.88 Å². The molecule has 5 nitrogen and oxygen atoms in total. The number of fused-ring (bicyclic) bond motifs is 7. The second-order valence-electron chi connectivity index (χ2n) is 12.0. The third-order valence-corrected chi connectivity index (χ3v) is 10.7. The lowest BCUT2D eigenvalue weighted by Gasteiger charge is -2.60. The fourth-order valence-corrected chi connectivity index (χ4v) is 8.97. The molecular formula is C29H36N4O. The second-order valence-corrected chi connectivity index (χ2v) is 12.0. The van der Waals surface area contributed by atoms with Crippen molar-refractivity contribution in [1.29, 1.82) is 5.26 Å². The minimum absolute atomic E-state index is 0.0747. The molecule has 3 fully saturated rings. The van der Waals surface area contributed by atoms with E-state index in [1.807, 2.05) is 25.3 Å². The first-order valence-corrected chi connectivity index (χ1v) is 13.2. The summed E-state index contributed by atoms with van der Waals surface area (Å²) in [5.41, 5.74) is 2.87. The molecule has 1 amide bonds. The highest BCUT2D eigenvalue weighted by molar-refractivity contribution is 5.94. The molecule has 7 atom stereocenters. The monoisotopic (exact) mass is 456 g/mol. The lowest BCUT2D eigenvalue weighted by molar-refractivity contribution is -0.130. The first-order valence-electron chi connectivity index (χ1n) is 13.2. The van der Waals surface area contributed by atoms with Crippen LogP contribution in [0.15, 0.2) is 30.6 Å². The molecular weight excluding hydrogens is 420 g/mol. The van der Waals surface area contributed by atoms with Gasteiger partial charge in [-0.05, 0) is 104 Å². The summed E-state index contributed by atoms with van der Waals surface area (Å²) < 4.78 is 2.50. The summed E-state index contributed by atoms with van der Waals surface area (Å²) in [4.78, 5) is 18.2. The van der Waals surface area contributed by atoms with Crippen LogP contribution in [0.5, 0.6) is 0 Å². The molecule has 2 aromatic rings. The Hall–Kier alpha value is -2.61. The average Bonchev–Trinajstić information content (AvgIpc) is 3.44. The van der Waals surface area contributed by atoms with Crippen molar-refractivity contribution in [3.8, 4) is 6.07 Å². The van der Waals surface area contributed by atoms with Crippen LogP contribution in [0.1, 0.15) is 81.8 Å². The normalized spacial score (nSPS) is 38.1. The van der Waals surface area contributed by atoms with Gasteiger partial charge in [0.25, 0.3) is 0 Å². The number of nitriles is 1. The fraction of sp³-hybridized carbons (Fsp3) is 0.621. The van der Waals surface area contributed by atoms with Crippen LogP contribution < -0.4 is 5.32 Å². The van der Waals surface area contributed by atoms with Crippen molar-refractivity contribution in [3.63, 3.8) is 0 Å². The van der Waals surface area contributed by atoms with Crippen molar-refractivity contribution in [2.24, 2.45) is 34.5 Å². The summed E-state index contributed by atoms with van der Waals surface area (Å²) >= 11 is 0. The van der Waals surface area contributed by atoms with E-state index in [1.54, 1.807) is 6.07 Å². The molecule has 6 rings (SSSR count). The maximum Gasteiger partial charge on any atom is 0.228 e. The number of nitrogens with zero attached hydrogens (tertiary/aromatic N) is 3. The van der Waals surface area contributed by atoms with Gasteiger partial charge in [-0.3, -0.25) is 4.79 Å². The number of amides is 1. The summed E-state index contributed by atoms with van der Waals surface area (Å²) in [5.74, 6) is 3.66. The number of hydrogen-bond acceptors (Lipinski definition) is 3. The van der Waals surface area contributed by atoms with E-state index >= 15 is 0 Å². The van der Waals surface area contributed by atoms with Gasteiger partial charge in [-0.1, -0.05) is 13.8 Å². The molecule has 1 aromatic heterocycles. The van der Waals surface area contributed by atoms with Crippen molar-refractivity contribution in [1.82, 2.24) is 9.55 Å². The molecule has 0 radical (unpaired) electrons. The molecule has 2 heterocycles. The lowest BCUT2D eigenvalue weighted by atomic mass is 9.47. The number of aryl methyl sites for hydroxylation is 2. The quantitative estimate of drug-likeness (QED) is 0.598. The van der Waals surface area contributed by atoms with E-state index in [1.165, 1.54) is 37.9 Å². The molecule has 5 heteroatoms. The van der Waals surface area contributed by atoms with Crippen molar-refractivity contribution in [2.75, 3.05) is 5.32 Å². The molecule has 3 aliphatic carbocycles. The van der Waals surface area contributed by atoms with Crippen molar-refractivity contribution < 1.29 is 4.79 Å². The Kier molecular flexibility index (Phi) is 4.96. The van der Waals surface area contributed by atoms with Gasteiger partial charge in [0.2, 0.25) is 5.91 Å². The fourth-order valence-electron chi connectivity index (χ4n) is 8.97. The maximum atomic E-state index is 13.6. The Morgan fingerprint density at radius 3 is 2.74 bits per heavy atom. The van der Waals surface area contributed by atoms with E-state index in [-0.39, 0.29) is 17.2 Å². The SMILES string of the molecule is Cc1cc(C#N)ccc1NC(=O)[C@H]1CC[C@H]2[C@@H]3CCC4n5ccnc5CC[C@]4(C)[C@H]3CC[C@]12C. The zero-order chi connectivity index (χ0) is 23.7. The number of imidazole rings is 1. The van der Waals surface area contributed by atoms with Crippen LogP contribution in [0.4, 0.5) is 5.69 Å². The summed E-state index contributed by atoms with van der Waals surface area (Å²) in [6.07, 6.45) is 13.7. The number of benzene rings is 1. The van der Waals surface area contributed by atoms with Crippen LogP contribution in [0.2, 0.25) is 0 Å². The first kappa shape index (κ1) is 21.9. The Balaban J connectivity index is 1.23. The van der Waals surface area contributed by atoms with Crippen LogP contribution in [-0.2, 0) is 11.2 Å². The Morgan fingerprint density at radius 2 is 1.94 bits per heavy atom. The molecule has 1 aliphatic heterocycles. The summed E-state index contributed by atoms with van der Waals surface area (Å²) in [6.45, 7) is 6.95. The molecule has 3 saturated carbocycles. The number of nitrogens with one attached hydrogen (secondary N) is 1. The van der Waals surface area contributed by atoms with Gasteiger partial charge in [-0.15, -0.1) is 0 Å². The van der Waals surface area contributed by atoms with Crippen molar-refractivity contribution in [2.45, 2.75) is 78.2 Å². The Morgan fingerprint density at radius 1 is 1.12 bits per heavy atom. The van der Waals surface area contributed by atoms with E-state index in [4.69, 9.17) is 5.26 Å². The van der Waals surface area contributed by atoms with Crippen LogP contribution in [0.3, 0.4) is 0 Å². The largest absolute Gasteiger partial charge is 0.331 e. The molecule has 1 aromatic carbocycles. The van der Waals surface area contributed by atoms with Crippen LogP contribution in [0, 0.1) is 52.8 Å². The van der Waals surface area contributed by atoms with Gasteiger partial charge in [-0.2, -0.15) is 5.26 Å². The molecule has 1 unspecified atom stereocenters. The van der Waals surface area contributed by atoms with E-state index in [9.17, 15) is 4.79 Å². The topological polar surface area (TPSA) is 70.7 Å².